The van der Waals surface area contributed by atoms with Crippen LogP contribution < -0.4 is 10.1 Å². The van der Waals surface area contributed by atoms with E-state index in [-0.39, 0.29) is 12.0 Å². The SMILES string of the molecule is CC(=O)Oc1cccc(C(=O)NCC2CCCO2)c1. The molecule has 1 aromatic rings. The third-order valence-electron chi connectivity index (χ3n) is 2.87. The van der Waals surface area contributed by atoms with Gasteiger partial charge in [-0.3, -0.25) is 9.59 Å². The summed E-state index contributed by atoms with van der Waals surface area (Å²) in [6.07, 6.45) is 2.14. The Balaban J connectivity index is 1.92. The van der Waals surface area contributed by atoms with Crippen LogP contribution in [0.2, 0.25) is 0 Å². The van der Waals surface area contributed by atoms with Gasteiger partial charge >= 0.3 is 5.97 Å². The quantitative estimate of drug-likeness (QED) is 0.660. The van der Waals surface area contributed by atoms with Gasteiger partial charge in [-0.05, 0) is 31.0 Å². The molecule has 1 aromatic carbocycles. The lowest BCUT2D eigenvalue weighted by Crippen LogP contribution is -2.31. The van der Waals surface area contributed by atoms with E-state index in [2.05, 4.69) is 5.32 Å². The highest BCUT2D eigenvalue weighted by Gasteiger charge is 2.16. The first kappa shape index (κ1) is 13.5. The summed E-state index contributed by atoms with van der Waals surface area (Å²) in [7, 11) is 0. The van der Waals surface area contributed by atoms with E-state index in [0.29, 0.717) is 17.9 Å². The third kappa shape index (κ3) is 4.06. The van der Waals surface area contributed by atoms with E-state index in [1.807, 2.05) is 0 Å². The number of ether oxygens (including phenoxy) is 2. The first-order valence-corrected chi connectivity index (χ1v) is 6.33. The number of esters is 1. The van der Waals surface area contributed by atoms with Crippen LogP contribution in [-0.2, 0) is 9.53 Å². The van der Waals surface area contributed by atoms with Crippen LogP contribution in [0.15, 0.2) is 24.3 Å². The predicted molar refractivity (Wildman–Crippen MR) is 69.1 cm³/mol. The second kappa shape index (κ2) is 6.33. The Bertz CT molecular complexity index is 466. The smallest absolute Gasteiger partial charge is 0.308 e. The van der Waals surface area contributed by atoms with Gasteiger partial charge in [0.2, 0.25) is 0 Å². The van der Waals surface area contributed by atoms with Gasteiger partial charge in [0.1, 0.15) is 5.75 Å². The molecule has 0 radical (unpaired) electrons. The van der Waals surface area contributed by atoms with Gasteiger partial charge in [-0.25, -0.2) is 0 Å². The Labute approximate surface area is 111 Å². The fraction of sp³-hybridized carbons (Fsp3) is 0.429. The van der Waals surface area contributed by atoms with Crippen LogP contribution in [0.25, 0.3) is 0 Å². The van der Waals surface area contributed by atoms with Crippen LogP contribution in [0.4, 0.5) is 0 Å². The minimum absolute atomic E-state index is 0.112. The Morgan fingerprint density at radius 2 is 2.32 bits per heavy atom. The Morgan fingerprint density at radius 1 is 1.47 bits per heavy atom. The minimum Gasteiger partial charge on any atom is -0.427 e. The third-order valence-corrected chi connectivity index (χ3v) is 2.87. The topological polar surface area (TPSA) is 64.6 Å². The molecule has 102 valence electrons. The molecule has 0 aromatic heterocycles. The largest absolute Gasteiger partial charge is 0.427 e. The zero-order valence-corrected chi connectivity index (χ0v) is 10.8. The van der Waals surface area contributed by atoms with Gasteiger partial charge in [-0.15, -0.1) is 0 Å². The summed E-state index contributed by atoms with van der Waals surface area (Å²) >= 11 is 0. The van der Waals surface area contributed by atoms with Crippen LogP contribution >= 0.6 is 0 Å². The summed E-state index contributed by atoms with van der Waals surface area (Å²) in [4.78, 5) is 22.8. The first-order chi connectivity index (χ1) is 9.15. The van der Waals surface area contributed by atoms with E-state index in [9.17, 15) is 9.59 Å². The standard InChI is InChI=1S/C14H17NO4/c1-10(16)19-12-5-2-4-11(8-12)14(17)15-9-13-6-3-7-18-13/h2,4-5,8,13H,3,6-7,9H2,1H3,(H,15,17). The lowest BCUT2D eigenvalue weighted by Gasteiger charge is -2.11. The van der Waals surface area contributed by atoms with Crippen molar-refractivity contribution >= 4 is 11.9 Å². The normalized spacial score (nSPS) is 18.1. The Hall–Kier alpha value is -1.88. The lowest BCUT2D eigenvalue weighted by atomic mass is 10.2. The molecule has 1 aliphatic rings. The number of carbonyl (C=O) groups is 2. The van der Waals surface area contributed by atoms with Crippen LogP contribution in [0, 0.1) is 0 Å². The van der Waals surface area contributed by atoms with E-state index in [1.165, 1.54) is 6.92 Å². The highest BCUT2D eigenvalue weighted by Crippen LogP contribution is 2.14. The molecule has 19 heavy (non-hydrogen) atoms. The lowest BCUT2D eigenvalue weighted by molar-refractivity contribution is -0.131. The van der Waals surface area contributed by atoms with Crippen molar-refractivity contribution < 1.29 is 19.1 Å². The maximum atomic E-state index is 11.9. The van der Waals surface area contributed by atoms with Crippen molar-refractivity contribution in [3.8, 4) is 5.75 Å². The highest BCUT2D eigenvalue weighted by molar-refractivity contribution is 5.94. The number of amides is 1. The van der Waals surface area contributed by atoms with Crippen molar-refractivity contribution in [2.75, 3.05) is 13.2 Å². The molecule has 1 saturated heterocycles. The van der Waals surface area contributed by atoms with E-state index >= 15 is 0 Å². The van der Waals surface area contributed by atoms with Crippen LogP contribution in [-0.4, -0.2) is 31.1 Å². The number of hydrogen-bond acceptors (Lipinski definition) is 4. The summed E-state index contributed by atoms with van der Waals surface area (Å²) in [5.74, 6) is -0.223. The van der Waals surface area contributed by atoms with Crippen molar-refractivity contribution in [1.82, 2.24) is 5.32 Å². The van der Waals surface area contributed by atoms with Crippen molar-refractivity contribution in [2.24, 2.45) is 0 Å². The molecule has 1 amide bonds. The zero-order chi connectivity index (χ0) is 13.7. The fourth-order valence-corrected chi connectivity index (χ4v) is 1.98. The monoisotopic (exact) mass is 263 g/mol. The molecule has 5 nitrogen and oxygen atoms in total. The zero-order valence-electron chi connectivity index (χ0n) is 10.8. The number of carbonyl (C=O) groups excluding carboxylic acids is 2. The van der Waals surface area contributed by atoms with Crippen molar-refractivity contribution in [3.63, 3.8) is 0 Å². The average Bonchev–Trinajstić information content (AvgIpc) is 2.88. The summed E-state index contributed by atoms with van der Waals surface area (Å²) < 4.78 is 10.4. The molecule has 1 heterocycles. The first-order valence-electron chi connectivity index (χ1n) is 6.33. The molecule has 0 saturated carbocycles. The molecular formula is C14H17NO4. The molecule has 5 heteroatoms. The van der Waals surface area contributed by atoms with E-state index < -0.39 is 5.97 Å². The molecule has 1 unspecified atom stereocenters. The molecule has 0 spiro atoms. The second-order valence-corrected chi connectivity index (χ2v) is 4.47. The van der Waals surface area contributed by atoms with Crippen LogP contribution in [0.5, 0.6) is 5.75 Å². The predicted octanol–water partition coefficient (Wildman–Crippen LogP) is 1.52. The maximum absolute atomic E-state index is 11.9. The van der Waals surface area contributed by atoms with E-state index in [4.69, 9.17) is 9.47 Å². The minimum atomic E-state index is -0.406. The van der Waals surface area contributed by atoms with Crippen molar-refractivity contribution in [2.45, 2.75) is 25.9 Å². The molecule has 0 bridgehead atoms. The Morgan fingerprint density at radius 3 is 3.00 bits per heavy atom. The number of hydrogen-bond donors (Lipinski definition) is 1. The molecule has 1 fully saturated rings. The molecule has 1 atom stereocenters. The maximum Gasteiger partial charge on any atom is 0.308 e. The Kier molecular flexibility index (Phi) is 4.52. The number of rotatable bonds is 4. The van der Waals surface area contributed by atoms with Gasteiger partial charge in [-0.2, -0.15) is 0 Å². The van der Waals surface area contributed by atoms with Gasteiger partial charge in [-0.1, -0.05) is 6.07 Å². The average molecular weight is 263 g/mol. The van der Waals surface area contributed by atoms with Gasteiger partial charge in [0.05, 0.1) is 6.10 Å². The van der Waals surface area contributed by atoms with Crippen molar-refractivity contribution in [3.05, 3.63) is 29.8 Å². The van der Waals surface area contributed by atoms with E-state index in [0.717, 1.165) is 19.4 Å². The van der Waals surface area contributed by atoms with Gasteiger partial charge in [0.15, 0.2) is 0 Å². The molecule has 2 rings (SSSR count). The van der Waals surface area contributed by atoms with E-state index in [1.54, 1.807) is 24.3 Å². The summed E-state index contributed by atoms with van der Waals surface area (Å²) in [6.45, 7) is 2.60. The molecular weight excluding hydrogens is 246 g/mol. The molecule has 1 N–H and O–H groups in total. The second-order valence-electron chi connectivity index (χ2n) is 4.47. The number of benzene rings is 1. The van der Waals surface area contributed by atoms with Gasteiger partial charge in [0, 0.05) is 25.6 Å². The summed E-state index contributed by atoms with van der Waals surface area (Å²) in [6, 6.07) is 6.54. The fourth-order valence-electron chi connectivity index (χ4n) is 1.98. The summed E-state index contributed by atoms with van der Waals surface area (Å²) in [5, 5.41) is 2.82. The van der Waals surface area contributed by atoms with Crippen LogP contribution in [0.1, 0.15) is 30.1 Å². The van der Waals surface area contributed by atoms with Crippen LogP contribution in [0.3, 0.4) is 0 Å². The van der Waals surface area contributed by atoms with Gasteiger partial charge in [0.25, 0.3) is 5.91 Å². The summed E-state index contributed by atoms with van der Waals surface area (Å²) in [5.41, 5.74) is 0.469. The molecule has 1 aliphatic heterocycles. The molecule has 0 aliphatic carbocycles. The van der Waals surface area contributed by atoms with Crippen molar-refractivity contribution in [1.29, 1.82) is 0 Å². The number of nitrogens with one attached hydrogen (secondary N) is 1. The van der Waals surface area contributed by atoms with Gasteiger partial charge < -0.3 is 14.8 Å². The highest BCUT2D eigenvalue weighted by atomic mass is 16.5.